The van der Waals surface area contributed by atoms with Crippen LogP contribution in [0.25, 0.3) is 5.69 Å². The fourth-order valence-electron chi connectivity index (χ4n) is 1.91. The van der Waals surface area contributed by atoms with Gasteiger partial charge in [0.15, 0.2) is 0 Å². The number of methoxy groups -OCH3 is 1. The quantitative estimate of drug-likeness (QED) is 0.784. The standard InChI is InChI=1S/C15H14N4O2S/c1-21-14-4-2-13(3-5-14)19-9-12(17-18-19)8-16-15(20)11-6-7-22-10-11/h2-7,9-10H,8H2,1H3,(H,16,20). The number of amides is 1. The molecule has 0 saturated carbocycles. The Bertz CT molecular complexity index is 750. The predicted octanol–water partition coefficient (Wildman–Crippen LogP) is 2.27. The maximum atomic E-state index is 11.9. The van der Waals surface area contributed by atoms with E-state index in [2.05, 4.69) is 15.6 Å². The van der Waals surface area contributed by atoms with Crippen LogP contribution in [0.3, 0.4) is 0 Å². The van der Waals surface area contributed by atoms with Gasteiger partial charge in [-0.3, -0.25) is 4.79 Å². The van der Waals surface area contributed by atoms with Crippen LogP contribution in [0.1, 0.15) is 16.1 Å². The number of ether oxygens (including phenoxy) is 1. The van der Waals surface area contributed by atoms with E-state index in [1.54, 1.807) is 24.1 Å². The molecule has 0 unspecified atom stereocenters. The molecule has 0 aliphatic carbocycles. The van der Waals surface area contributed by atoms with E-state index in [4.69, 9.17) is 4.74 Å². The molecule has 1 amide bonds. The van der Waals surface area contributed by atoms with E-state index in [0.29, 0.717) is 17.8 Å². The third-order valence-electron chi connectivity index (χ3n) is 3.09. The molecule has 0 radical (unpaired) electrons. The Morgan fingerprint density at radius 2 is 2.14 bits per heavy atom. The highest BCUT2D eigenvalue weighted by Gasteiger charge is 2.08. The van der Waals surface area contributed by atoms with Crippen molar-refractivity contribution >= 4 is 17.2 Å². The molecule has 0 spiro atoms. The molecule has 0 fully saturated rings. The first-order valence-electron chi connectivity index (χ1n) is 6.62. The number of nitrogens with zero attached hydrogens (tertiary/aromatic N) is 3. The molecule has 0 saturated heterocycles. The molecule has 0 aliphatic rings. The van der Waals surface area contributed by atoms with Gasteiger partial charge in [-0.15, -0.1) is 5.10 Å². The Morgan fingerprint density at radius 1 is 1.32 bits per heavy atom. The molecule has 2 aromatic heterocycles. The van der Waals surface area contributed by atoms with Gasteiger partial charge in [-0.1, -0.05) is 5.21 Å². The van der Waals surface area contributed by atoms with Crippen molar-refractivity contribution in [2.45, 2.75) is 6.54 Å². The normalized spacial score (nSPS) is 10.4. The van der Waals surface area contributed by atoms with Crippen molar-refractivity contribution in [2.75, 3.05) is 7.11 Å². The molecule has 6 nitrogen and oxygen atoms in total. The van der Waals surface area contributed by atoms with Gasteiger partial charge in [0, 0.05) is 10.9 Å². The first kappa shape index (κ1) is 14.3. The second-order valence-electron chi connectivity index (χ2n) is 4.55. The van der Waals surface area contributed by atoms with Crippen LogP contribution >= 0.6 is 11.3 Å². The Labute approximate surface area is 131 Å². The fraction of sp³-hybridized carbons (Fsp3) is 0.133. The second kappa shape index (κ2) is 6.40. The van der Waals surface area contributed by atoms with E-state index in [1.807, 2.05) is 35.0 Å². The summed E-state index contributed by atoms with van der Waals surface area (Å²) in [6.07, 6.45) is 1.79. The summed E-state index contributed by atoms with van der Waals surface area (Å²) in [6.45, 7) is 0.338. The molecule has 2 heterocycles. The zero-order valence-electron chi connectivity index (χ0n) is 11.9. The van der Waals surface area contributed by atoms with Crippen molar-refractivity contribution in [2.24, 2.45) is 0 Å². The molecule has 1 aromatic carbocycles. The minimum Gasteiger partial charge on any atom is -0.497 e. The molecule has 3 aromatic rings. The first-order chi connectivity index (χ1) is 10.8. The van der Waals surface area contributed by atoms with E-state index in [9.17, 15) is 4.79 Å². The van der Waals surface area contributed by atoms with Crippen LogP contribution in [-0.2, 0) is 6.54 Å². The fourth-order valence-corrected chi connectivity index (χ4v) is 2.54. The van der Waals surface area contributed by atoms with E-state index in [0.717, 1.165) is 11.4 Å². The summed E-state index contributed by atoms with van der Waals surface area (Å²) in [4.78, 5) is 11.9. The number of aromatic nitrogens is 3. The van der Waals surface area contributed by atoms with Gasteiger partial charge in [-0.2, -0.15) is 11.3 Å². The summed E-state index contributed by atoms with van der Waals surface area (Å²) in [5.74, 6) is 0.673. The van der Waals surface area contributed by atoms with Gasteiger partial charge in [0.25, 0.3) is 5.91 Å². The van der Waals surface area contributed by atoms with Gasteiger partial charge in [0.2, 0.25) is 0 Å². The number of carbonyl (C=O) groups is 1. The Kier molecular flexibility index (Phi) is 4.15. The monoisotopic (exact) mass is 314 g/mol. The van der Waals surface area contributed by atoms with Crippen molar-refractivity contribution in [1.82, 2.24) is 20.3 Å². The molecule has 1 N–H and O–H groups in total. The summed E-state index contributed by atoms with van der Waals surface area (Å²) in [5, 5.41) is 14.6. The average Bonchev–Trinajstić information content (AvgIpc) is 3.24. The lowest BCUT2D eigenvalue weighted by Crippen LogP contribution is -2.22. The smallest absolute Gasteiger partial charge is 0.252 e. The second-order valence-corrected chi connectivity index (χ2v) is 5.33. The molecule has 0 aliphatic heterocycles. The molecular weight excluding hydrogens is 300 g/mol. The Hall–Kier alpha value is -2.67. The summed E-state index contributed by atoms with van der Waals surface area (Å²) in [7, 11) is 1.62. The summed E-state index contributed by atoms with van der Waals surface area (Å²) in [5.41, 5.74) is 2.23. The highest BCUT2D eigenvalue weighted by Crippen LogP contribution is 2.14. The van der Waals surface area contributed by atoms with Crippen molar-refractivity contribution in [3.05, 3.63) is 58.5 Å². The highest BCUT2D eigenvalue weighted by atomic mass is 32.1. The predicted molar refractivity (Wildman–Crippen MR) is 83.4 cm³/mol. The molecule has 22 heavy (non-hydrogen) atoms. The third kappa shape index (κ3) is 3.15. The van der Waals surface area contributed by atoms with Crippen molar-refractivity contribution < 1.29 is 9.53 Å². The molecule has 0 atom stereocenters. The largest absolute Gasteiger partial charge is 0.497 e. The van der Waals surface area contributed by atoms with Crippen LogP contribution in [0.4, 0.5) is 0 Å². The molecular formula is C15H14N4O2S. The zero-order valence-corrected chi connectivity index (χ0v) is 12.7. The minimum absolute atomic E-state index is 0.111. The van der Waals surface area contributed by atoms with E-state index < -0.39 is 0 Å². The van der Waals surface area contributed by atoms with Gasteiger partial charge in [-0.05, 0) is 35.7 Å². The SMILES string of the molecule is COc1ccc(-n2cc(CNC(=O)c3ccsc3)nn2)cc1. The van der Waals surface area contributed by atoms with Gasteiger partial charge < -0.3 is 10.1 Å². The molecule has 112 valence electrons. The van der Waals surface area contributed by atoms with Gasteiger partial charge in [-0.25, -0.2) is 4.68 Å². The summed E-state index contributed by atoms with van der Waals surface area (Å²) in [6, 6.07) is 9.28. The van der Waals surface area contributed by atoms with Gasteiger partial charge in [0.1, 0.15) is 11.4 Å². The van der Waals surface area contributed by atoms with Crippen LogP contribution in [0.2, 0.25) is 0 Å². The van der Waals surface area contributed by atoms with Crippen molar-refractivity contribution in [3.8, 4) is 11.4 Å². The lowest BCUT2D eigenvalue weighted by molar-refractivity contribution is 0.0951. The van der Waals surface area contributed by atoms with Crippen LogP contribution in [0.15, 0.2) is 47.3 Å². The Morgan fingerprint density at radius 3 is 2.82 bits per heavy atom. The zero-order chi connectivity index (χ0) is 15.4. The maximum Gasteiger partial charge on any atom is 0.252 e. The van der Waals surface area contributed by atoms with Crippen molar-refractivity contribution in [3.63, 3.8) is 0 Å². The van der Waals surface area contributed by atoms with E-state index in [-0.39, 0.29) is 5.91 Å². The summed E-state index contributed by atoms with van der Waals surface area (Å²) >= 11 is 1.49. The highest BCUT2D eigenvalue weighted by molar-refractivity contribution is 7.08. The van der Waals surface area contributed by atoms with Crippen LogP contribution in [-0.4, -0.2) is 28.0 Å². The lowest BCUT2D eigenvalue weighted by atomic mass is 10.3. The maximum absolute atomic E-state index is 11.9. The third-order valence-corrected chi connectivity index (χ3v) is 3.77. The van der Waals surface area contributed by atoms with Gasteiger partial charge in [0.05, 0.1) is 25.5 Å². The van der Waals surface area contributed by atoms with E-state index >= 15 is 0 Å². The molecule has 0 bridgehead atoms. The number of hydrogen-bond donors (Lipinski definition) is 1. The molecule has 7 heteroatoms. The van der Waals surface area contributed by atoms with Crippen LogP contribution in [0, 0.1) is 0 Å². The van der Waals surface area contributed by atoms with Crippen LogP contribution < -0.4 is 10.1 Å². The summed E-state index contributed by atoms with van der Waals surface area (Å²) < 4.78 is 6.78. The number of rotatable bonds is 5. The topological polar surface area (TPSA) is 69.0 Å². The number of carbonyl (C=O) groups excluding carboxylic acids is 1. The first-order valence-corrected chi connectivity index (χ1v) is 7.56. The lowest BCUT2D eigenvalue weighted by Gasteiger charge is -2.02. The van der Waals surface area contributed by atoms with E-state index in [1.165, 1.54) is 11.3 Å². The minimum atomic E-state index is -0.111. The Balaban J connectivity index is 1.64. The number of thiophene rings is 1. The number of hydrogen-bond acceptors (Lipinski definition) is 5. The molecule has 3 rings (SSSR count). The van der Waals surface area contributed by atoms with Crippen LogP contribution in [0.5, 0.6) is 5.75 Å². The average molecular weight is 314 g/mol. The number of benzene rings is 1. The van der Waals surface area contributed by atoms with Gasteiger partial charge >= 0.3 is 0 Å². The number of nitrogens with one attached hydrogen (secondary N) is 1. The van der Waals surface area contributed by atoms with Crippen molar-refractivity contribution in [1.29, 1.82) is 0 Å².